The highest BCUT2D eigenvalue weighted by molar-refractivity contribution is 7.47. The molecule has 0 aliphatic carbocycles. The first kappa shape index (κ1) is 96.1. The van der Waals surface area contributed by atoms with Crippen LogP contribution in [0.25, 0.3) is 0 Å². The number of aliphatic hydroxyl groups excluding tert-OH is 1. The molecule has 6 atom stereocenters. The third kappa shape index (κ3) is 71.1. The van der Waals surface area contributed by atoms with E-state index in [1.807, 2.05) is 0 Å². The van der Waals surface area contributed by atoms with E-state index in [0.717, 1.165) is 108 Å². The summed E-state index contributed by atoms with van der Waals surface area (Å²) >= 11 is 0. The van der Waals surface area contributed by atoms with Crippen molar-refractivity contribution < 1.29 is 80.2 Å². The molecule has 0 aliphatic rings. The van der Waals surface area contributed by atoms with Crippen molar-refractivity contribution in [3.05, 3.63) is 0 Å². The molecule has 0 bridgehead atoms. The SMILES string of the molecule is CCCCCCCCCCCCCCCCCCCC(=O)O[C@H](COC(=O)CCCCCCCCCCCCCC(C)C)COP(=O)(O)OC[C@@H](O)COP(=O)(O)OC[C@@H](COC(=O)CCCCCCCCCCCCC(C)C)OC(=O)CCCCCCCCCCCCC(C)CC. The van der Waals surface area contributed by atoms with Crippen molar-refractivity contribution in [3.8, 4) is 0 Å². The first-order valence-corrected chi connectivity index (χ1v) is 43.9. The van der Waals surface area contributed by atoms with Gasteiger partial charge in [0.05, 0.1) is 26.4 Å². The highest BCUT2D eigenvalue weighted by Gasteiger charge is 2.30. The van der Waals surface area contributed by atoms with E-state index in [2.05, 4.69) is 48.5 Å². The summed E-state index contributed by atoms with van der Waals surface area (Å²) in [5.74, 6) is 0.220. The lowest BCUT2D eigenvalue weighted by molar-refractivity contribution is -0.161. The summed E-state index contributed by atoms with van der Waals surface area (Å²) in [6.07, 6.45) is 56.7. The van der Waals surface area contributed by atoms with Crippen molar-refractivity contribution in [1.82, 2.24) is 0 Å². The number of phosphoric ester groups is 2. The van der Waals surface area contributed by atoms with Crippen LogP contribution in [-0.4, -0.2) is 96.7 Å². The molecule has 0 radical (unpaired) electrons. The highest BCUT2D eigenvalue weighted by Crippen LogP contribution is 2.45. The summed E-state index contributed by atoms with van der Waals surface area (Å²) in [6, 6.07) is 0. The number of rotatable bonds is 77. The normalized spacial score (nSPS) is 14.3. The largest absolute Gasteiger partial charge is 0.472 e. The molecule has 19 heteroatoms. The fourth-order valence-electron chi connectivity index (χ4n) is 12.1. The van der Waals surface area contributed by atoms with Gasteiger partial charge in [0.25, 0.3) is 0 Å². The van der Waals surface area contributed by atoms with Crippen LogP contribution in [0.15, 0.2) is 0 Å². The molecule has 98 heavy (non-hydrogen) atoms. The van der Waals surface area contributed by atoms with E-state index in [4.69, 9.17) is 37.0 Å². The maximum atomic E-state index is 13.1. The van der Waals surface area contributed by atoms with Crippen molar-refractivity contribution in [3.63, 3.8) is 0 Å². The number of carbonyl (C=O) groups excluding carboxylic acids is 4. The lowest BCUT2D eigenvalue weighted by Crippen LogP contribution is -2.30. The summed E-state index contributed by atoms with van der Waals surface area (Å²) in [5, 5.41) is 10.6. The molecule has 0 aromatic rings. The van der Waals surface area contributed by atoms with Gasteiger partial charge < -0.3 is 33.8 Å². The fourth-order valence-corrected chi connectivity index (χ4v) is 13.7. The van der Waals surface area contributed by atoms with Gasteiger partial charge in [-0.3, -0.25) is 37.3 Å². The Balaban J connectivity index is 5.28. The Morgan fingerprint density at radius 2 is 0.520 bits per heavy atom. The minimum atomic E-state index is -4.96. The summed E-state index contributed by atoms with van der Waals surface area (Å²) < 4.78 is 68.7. The van der Waals surface area contributed by atoms with Crippen LogP contribution in [0.4, 0.5) is 0 Å². The minimum Gasteiger partial charge on any atom is -0.462 e. The van der Waals surface area contributed by atoms with E-state index >= 15 is 0 Å². The molecule has 17 nitrogen and oxygen atoms in total. The Kier molecular flexibility index (Phi) is 68.1. The van der Waals surface area contributed by atoms with E-state index in [9.17, 15) is 43.2 Å². The van der Waals surface area contributed by atoms with Crippen molar-refractivity contribution >= 4 is 39.5 Å². The van der Waals surface area contributed by atoms with Crippen LogP contribution in [0.5, 0.6) is 0 Å². The van der Waals surface area contributed by atoms with E-state index in [1.165, 1.54) is 218 Å². The molecule has 0 aromatic carbocycles. The molecule has 582 valence electrons. The molecule has 0 spiro atoms. The molecule has 3 N–H and O–H groups in total. The van der Waals surface area contributed by atoms with Gasteiger partial charge in [-0.2, -0.15) is 0 Å². The third-order valence-electron chi connectivity index (χ3n) is 18.7. The standard InChI is InChI=1S/C79H154O17P2/c1-8-10-11-12-13-14-15-16-17-18-19-20-23-34-41-48-55-62-78(83)95-74(66-89-76(81)60-53-46-39-32-24-21-22-29-36-43-50-57-70(3)4)68-93-97(85,86)91-64-73(80)65-92-98(87,88)94-69-75(67-90-77(82)61-54-47-40-33-27-25-30-37-44-51-58-71(5)6)96-79(84)63-56-49-42-35-28-26-31-38-45-52-59-72(7)9-2/h70-75,80H,8-69H2,1-7H3,(H,85,86)(H,87,88)/t72?,73-,74-,75-/m1/s1. The number of unbranched alkanes of at least 4 members (excludes halogenated alkanes) is 44. The Labute approximate surface area is 600 Å². The number of esters is 4. The topological polar surface area (TPSA) is 237 Å². The van der Waals surface area contributed by atoms with Crippen LogP contribution in [0.2, 0.25) is 0 Å². The zero-order chi connectivity index (χ0) is 72.3. The molecule has 0 saturated heterocycles. The van der Waals surface area contributed by atoms with Crippen LogP contribution < -0.4 is 0 Å². The third-order valence-corrected chi connectivity index (χ3v) is 20.6. The van der Waals surface area contributed by atoms with Gasteiger partial charge >= 0.3 is 39.5 Å². The number of carbonyl (C=O) groups is 4. The first-order valence-electron chi connectivity index (χ1n) is 40.9. The van der Waals surface area contributed by atoms with Gasteiger partial charge in [0.15, 0.2) is 12.2 Å². The number of ether oxygens (including phenoxy) is 4. The van der Waals surface area contributed by atoms with Gasteiger partial charge in [-0.15, -0.1) is 0 Å². The summed E-state index contributed by atoms with van der Waals surface area (Å²) in [4.78, 5) is 73.0. The fraction of sp³-hybridized carbons (Fsp3) is 0.949. The van der Waals surface area contributed by atoms with E-state index in [1.54, 1.807) is 0 Å². The quantitative estimate of drug-likeness (QED) is 0.0222. The number of phosphoric acid groups is 2. The maximum Gasteiger partial charge on any atom is 0.472 e. The monoisotopic (exact) mass is 1440 g/mol. The predicted octanol–water partition coefficient (Wildman–Crippen LogP) is 23.4. The molecule has 3 unspecified atom stereocenters. The summed E-state index contributed by atoms with van der Waals surface area (Å²) in [5.41, 5.74) is 0. The highest BCUT2D eigenvalue weighted by atomic mass is 31.2. The zero-order valence-corrected chi connectivity index (χ0v) is 66.0. The molecule has 0 amide bonds. The zero-order valence-electron chi connectivity index (χ0n) is 64.3. The first-order chi connectivity index (χ1) is 47.3. The minimum absolute atomic E-state index is 0.106. The van der Waals surface area contributed by atoms with E-state index in [-0.39, 0.29) is 25.7 Å². The van der Waals surface area contributed by atoms with Gasteiger partial charge in [0.1, 0.15) is 19.3 Å². The number of hydrogen-bond donors (Lipinski definition) is 3. The Hall–Kier alpha value is -1.94. The molecule has 0 heterocycles. The Morgan fingerprint density at radius 3 is 0.776 bits per heavy atom. The predicted molar refractivity (Wildman–Crippen MR) is 400 cm³/mol. The van der Waals surface area contributed by atoms with Gasteiger partial charge in [-0.25, -0.2) is 9.13 Å². The molecular formula is C79H154O17P2. The second kappa shape index (κ2) is 69.4. The van der Waals surface area contributed by atoms with Gasteiger partial charge in [0.2, 0.25) is 0 Å². The summed E-state index contributed by atoms with van der Waals surface area (Å²) in [7, 11) is -9.92. The second-order valence-electron chi connectivity index (χ2n) is 29.6. The van der Waals surface area contributed by atoms with Crippen LogP contribution in [-0.2, 0) is 65.4 Å². The van der Waals surface area contributed by atoms with Crippen LogP contribution in [0, 0.1) is 17.8 Å². The smallest absolute Gasteiger partial charge is 0.462 e. The van der Waals surface area contributed by atoms with Crippen LogP contribution in [0.3, 0.4) is 0 Å². The van der Waals surface area contributed by atoms with Gasteiger partial charge in [0, 0.05) is 25.7 Å². The van der Waals surface area contributed by atoms with Gasteiger partial charge in [-0.05, 0) is 43.4 Å². The molecule has 0 saturated carbocycles. The Bertz CT molecular complexity index is 1910. The van der Waals surface area contributed by atoms with Crippen molar-refractivity contribution in [1.29, 1.82) is 0 Å². The van der Waals surface area contributed by atoms with Gasteiger partial charge in [-0.1, -0.05) is 357 Å². The Morgan fingerprint density at radius 1 is 0.296 bits per heavy atom. The van der Waals surface area contributed by atoms with Crippen LogP contribution in [0.1, 0.15) is 408 Å². The van der Waals surface area contributed by atoms with Crippen molar-refractivity contribution in [2.75, 3.05) is 39.6 Å². The lowest BCUT2D eigenvalue weighted by atomic mass is 9.99. The van der Waals surface area contributed by atoms with Crippen molar-refractivity contribution in [2.24, 2.45) is 17.8 Å². The molecule has 0 rings (SSSR count). The van der Waals surface area contributed by atoms with Crippen LogP contribution >= 0.6 is 15.6 Å². The number of aliphatic hydroxyl groups is 1. The number of hydrogen-bond acceptors (Lipinski definition) is 15. The average molecular weight is 1440 g/mol. The van der Waals surface area contributed by atoms with E-state index < -0.39 is 97.5 Å². The average Bonchev–Trinajstić information content (AvgIpc) is 0.941. The maximum absolute atomic E-state index is 13.1. The lowest BCUT2D eigenvalue weighted by Gasteiger charge is -2.21. The molecule has 0 aliphatic heterocycles. The van der Waals surface area contributed by atoms with Crippen molar-refractivity contribution in [2.45, 2.75) is 426 Å². The van der Waals surface area contributed by atoms with E-state index in [0.29, 0.717) is 25.7 Å². The molecular weight excluding hydrogens is 1280 g/mol. The second-order valence-corrected chi connectivity index (χ2v) is 32.6. The molecule has 0 fully saturated rings. The summed E-state index contributed by atoms with van der Waals surface area (Å²) in [6.45, 7) is 12.0. The molecule has 0 aromatic heterocycles.